The first-order valence-electron chi connectivity index (χ1n) is 4.33. The molecule has 0 unspecified atom stereocenters. The van der Waals surface area contributed by atoms with Gasteiger partial charge in [-0.05, 0) is 23.8 Å². The number of nitro groups is 1. The topological polar surface area (TPSA) is 83.6 Å². The molecule has 2 aromatic rings. The lowest BCUT2D eigenvalue weighted by molar-refractivity contribution is -0.384. The number of aromatic hydroxyl groups is 2. The number of hydrogen-bond acceptors (Lipinski definition) is 5. The molecule has 82 valence electrons. The first-order chi connectivity index (χ1) is 7.58. The van der Waals surface area contributed by atoms with E-state index in [2.05, 4.69) is 0 Å². The van der Waals surface area contributed by atoms with Crippen LogP contribution in [0, 0.1) is 10.1 Å². The van der Waals surface area contributed by atoms with Gasteiger partial charge in [-0.1, -0.05) is 0 Å². The van der Waals surface area contributed by atoms with Gasteiger partial charge in [0.05, 0.1) is 10.3 Å². The van der Waals surface area contributed by atoms with Crippen LogP contribution in [0.2, 0.25) is 0 Å². The fraction of sp³-hybridized carbons (Fsp3) is 0. The summed E-state index contributed by atoms with van der Waals surface area (Å²) in [6.45, 7) is 0. The molecule has 0 aliphatic rings. The zero-order chi connectivity index (χ0) is 11.7. The molecule has 1 heterocycles. The number of hydrogen-bond donors (Lipinski definition) is 2. The first-order valence-corrected chi connectivity index (χ1v) is 5.21. The van der Waals surface area contributed by atoms with Crippen molar-refractivity contribution in [2.24, 2.45) is 0 Å². The third-order valence-electron chi connectivity index (χ3n) is 2.06. The van der Waals surface area contributed by atoms with Crippen LogP contribution in [0.3, 0.4) is 0 Å². The largest absolute Gasteiger partial charge is 0.504 e. The van der Waals surface area contributed by atoms with E-state index in [1.807, 2.05) is 0 Å². The smallest absolute Gasteiger partial charge is 0.280 e. The SMILES string of the molecule is O=[N+]([O-])c1csc(-c2ccc(O)c(O)c2)c1. The molecule has 0 spiro atoms. The number of rotatable bonds is 2. The molecule has 2 N–H and O–H groups in total. The average molecular weight is 237 g/mol. The lowest BCUT2D eigenvalue weighted by Crippen LogP contribution is -1.82. The Morgan fingerprint density at radius 2 is 1.94 bits per heavy atom. The highest BCUT2D eigenvalue weighted by molar-refractivity contribution is 7.14. The molecule has 1 aromatic heterocycles. The summed E-state index contributed by atoms with van der Waals surface area (Å²) in [4.78, 5) is 10.7. The van der Waals surface area contributed by atoms with Crippen LogP contribution >= 0.6 is 11.3 Å². The van der Waals surface area contributed by atoms with E-state index in [-0.39, 0.29) is 17.2 Å². The molecule has 0 atom stereocenters. The molecule has 0 radical (unpaired) electrons. The van der Waals surface area contributed by atoms with E-state index >= 15 is 0 Å². The Hall–Kier alpha value is -2.08. The van der Waals surface area contributed by atoms with Gasteiger partial charge < -0.3 is 10.2 Å². The summed E-state index contributed by atoms with van der Waals surface area (Å²) in [7, 11) is 0. The highest BCUT2D eigenvalue weighted by Gasteiger charge is 2.11. The first kappa shape index (κ1) is 10.4. The third-order valence-corrected chi connectivity index (χ3v) is 3.02. The Morgan fingerprint density at radius 1 is 1.19 bits per heavy atom. The Balaban J connectivity index is 2.42. The van der Waals surface area contributed by atoms with Crippen molar-refractivity contribution in [3.8, 4) is 21.9 Å². The molecular weight excluding hydrogens is 230 g/mol. The maximum Gasteiger partial charge on any atom is 0.280 e. The van der Waals surface area contributed by atoms with E-state index in [9.17, 15) is 15.2 Å². The Labute approximate surface area is 94.4 Å². The van der Waals surface area contributed by atoms with Crippen molar-refractivity contribution < 1.29 is 15.1 Å². The normalized spacial score (nSPS) is 10.2. The second kappa shape index (κ2) is 3.82. The molecule has 0 saturated heterocycles. The molecule has 0 bridgehead atoms. The monoisotopic (exact) mass is 237 g/mol. The fourth-order valence-corrected chi connectivity index (χ4v) is 2.10. The standard InChI is InChI=1S/C10H7NO4S/c12-8-2-1-6(3-9(8)13)10-4-7(5-16-10)11(14)15/h1-5,12-13H. The highest BCUT2D eigenvalue weighted by atomic mass is 32.1. The van der Waals surface area contributed by atoms with Gasteiger partial charge in [0.25, 0.3) is 5.69 Å². The minimum Gasteiger partial charge on any atom is -0.504 e. The summed E-state index contributed by atoms with van der Waals surface area (Å²) >= 11 is 1.21. The van der Waals surface area contributed by atoms with Gasteiger partial charge in [-0.15, -0.1) is 11.3 Å². The summed E-state index contributed by atoms with van der Waals surface area (Å²) < 4.78 is 0. The van der Waals surface area contributed by atoms with E-state index in [0.29, 0.717) is 10.4 Å². The number of thiophene rings is 1. The molecular formula is C10H7NO4S. The van der Waals surface area contributed by atoms with Gasteiger partial charge in [0.15, 0.2) is 11.5 Å². The maximum absolute atomic E-state index is 10.5. The van der Waals surface area contributed by atoms with Gasteiger partial charge in [0, 0.05) is 10.9 Å². The fourth-order valence-electron chi connectivity index (χ4n) is 1.25. The second-order valence-electron chi connectivity index (χ2n) is 3.13. The van der Waals surface area contributed by atoms with Crippen LogP contribution in [0.4, 0.5) is 5.69 Å². The summed E-state index contributed by atoms with van der Waals surface area (Å²) in [5.74, 6) is -0.455. The molecule has 5 nitrogen and oxygen atoms in total. The van der Waals surface area contributed by atoms with E-state index in [1.165, 1.54) is 34.9 Å². The predicted molar refractivity (Wildman–Crippen MR) is 59.7 cm³/mol. The van der Waals surface area contributed by atoms with Gasteiger partial charge in [-0.3, -0.25) is 10.1 Å². The minimum atomic E-state index is -0.472. The molecule has 0 fully saturated rings. The molecule has 0 amide bonds. The summed E-state index contributed by atoms with van der Waals surface area (Å²) in [6.07, 6.45) is 0. The molecule has 0 saturated carbocycles. The third kappa shape index (κ3) is 1.82. The van der Waals surface area contributed by atoms with Crippen molar-refractivity contribution in [3.63, 3.8) is 0 Å². The average Bonchev–Trinajstić information content (AvgIpc) is 2.71. The van der Waals surface area contributed by atoms with Gasteiger partial charge in [-0.25, -0.2) is 0 Å². The Morgan fingerprint density at radius 3 is 2.50 bits per heavy atom. The molecule has 1 aromatic carbocycles. The minimum absolute atomic E-state index is 0.0209. The van der Waals surface area contributed by atoms with Crippen LogP contribution < -0.4 is 0 Å². The van der Waals surface area contributed by atoms with Gasteiger partial charge in [0.2, 0.25) is 0 Å². The van der Waals surface area contributed by atoms with Crippen LogP contribution in [-0.2, 0) is 0 Å². The van der Waals surface area contributed by atoms with Crippen molar-refractivity contribution in [2.75, 3.05) is 0 Å². The van der Waals surface area contributed by atoms with Gasteiger partial charge >= 0.3 is 0 Å². The van der Waals surface area contributed by atoms with E-state index in [1.54, 1.807) is 6.07 Å². The van der Waals surface area contributed by atoms with E-state index < -0.39 is 4.92 Å². The van der Waals surface area contributed by atoms with Crippen LogP contribution in [0.15, 0.2) is 29.6 Å². The van der Waals surface area contributed by atoms with Crippen LogP contribution in [0.25, 0.3) is 10.4 Å². The maximum atomic E-state index is 10.5. The number of phenols is 2. The molecule has 16 heavy (non-hydrogen) atoms. The summed E-state index contributed by atoms with van der Waals surface area (Å²) in [6, 6.07) is 5.72. The Bertz CT molecular complexity index is 550. The van der Waals surface area contributed by atoms with Crippen molar-refractivity contribution in [1.82, 2.24) is 0 Å². The molecule has 2 rings (SSSR count). The summed E-state index contributed by atoms with van der Waals surface area (Å²) in [5, 5.41) is 30.3. The summed E-state index contributed by atoms with van der Waals surface area (Å²) in [5.41, 5.74) is 0.654. The zero-order valence-corrected chi connectivity index (χ0v) is 8.77. The van der Waals surface area contributed by atoms with E-state index in [4.69, 9.17) is 5.11 Å². The quantitative estimate of drug-likeness (QED) is 0.478. The van der Waals surface area contributed by atoms with Crippen molar-refractivity contribution in [3.05, 3.63) is 39.8 Å². The lowest BCUT2D eigenvalue weighted by Gasteiger charge is -1.99. The highest BCUT2D eigenvalue weighted by Crippen LogP contribution is 2.35. The zero-order valence-electron chi connectivity index (χ0n) is 7.95. The lowest BCUT2D eigenvalue weighted by atomic mass is 10.1. The predicted octanol–water partition coefficient (Wildman–Crippen LogP) is 2.73. The molecule has 0 aliphatic heterocycles. The Kier molecular flexibility index (Phi) is 2.49. The number of phenolic OH excluding ortho intramolecular Hbond substituents is 2. The van der Waals surface area contributed by atoms with Crippen molar-refractivity contribution in [2.45, 2.75) is 0 Å². The molecule has 6 heteroatoms. The van der Waals surface area contributed by atoms with E-state index in [0.717, 1.165) is 0 Å². The van der Waals surface area contributed by atoms with Crippen molar-refractivity contribution in [1.29, 1.82) is 0 Å². The number of nitrogens with zero attached hydrogens (tertiary/aromatic N) is 1. The van der Waals surface area contributed by atoms with Crippen LogP contribution in [0.5, 0.6) is 11.5 Å². The van der Waals surface area contributed by atoms with Gasteiger partial charge in [0.1, 0.15) is 0 Å². The molecule has 0 aliphatic carbocycles. The van der Waals surface area contributed by atoms with Gasteiger partial charge in [-0.2, -0.15) is 0 Å². The van der Waals surface area contributed by atoms with Crippen LogP contribution in [0.1, 0.15) is 0 Å². The van der Waals surface area contributed by atoms with Crippen molar-refractivity contribution >= 4 is 17.0 Å². The second-order valence-corrected chi connectivity index (χ2v) is 4.04. The number of benzene rings is 1. The van der Waals surface area contributed by atoms with Crippen LogP contribution in [-0.4, -0.2) is 15.1 Å².